The van der Waals surface area contributed by atoms with Crippen LogP contribution in [0.1, 0.15) is 11.6 Å². The molecule has 1 atom stereocenters. The van der Waals surface area contributed by atoms with Gasteiger partial charge in [-0.25, -0.2) is 4.39 Å². The molecule has 128 valence electrons. The zero-order valence-corrected chi connectivity index (χ0v) is 13.8. The largest absolute Gasteiger partial charge is 0.494 e. The summed E-state index contributed by atoms with van der Waals surface area (Å²) < 4.78 is 18.6. The fraction of sp³-hybridized carbons (Fsp3) is 0.150. The van der Waals surface area contributed by atoms with Crippen LogP contribution in [0, 0.1) is 5.82 Å². The van der Waals surface area contributed by atoms with Gasteiger partial charge in [0.05, 0.1) is 25.4 Å². The second kappa shape index (κ2) is 7.77. The molecule has 0 spiro atoms. The SMILES string of the molecule is COc1cc(-c2cncc(N[C@@H](CO)c3ccccc3)c2)ccc1F. The van der Waals surface area contributed by atoms with E-state index in [1.807, 2.05) is 36.4 Å². The number of methoxy groups -OCH3 is 1. The van der Waals surface area contributed by atoms with Crippen molar-refractivity contribution in [2.45, 2.75) is 6.04 Å². The van der Waals surface area contributed by atoms with E-state index in [0.29, 0.717) is 0 Å². The smallest absolute Gasteiger partial charge is 0.165 e. The van der Waals surface area contributed by atoms with Gasteiger partial charge in [-0.05, 0) is 29.3 Å². The number of hydrogen-bond acceptors (Lipinski definition) is 4. The van der Waals surface area contributed by atoms with Crippen molar-refractivity contribution < 1.29 is 14.2 Å². The third-order valence-corrected chi connectivity index (χ3v) is 3.95. The number of nitrogens with zero attached hydrogens (tertiary/aromatic N) is 1. The molecular formula is C20H19FN2O2. The van der Waals surface area contributed by atoms with Gasteiger partial charge in [0.2, 0.25) is 0 Å². The number of anilines is 1. The molecule has 0 amide bonds. The van der Waals surface area contributed by atoms with Crippen molar-refractivity contribution in [3.63, 3.8) is 0 Å². The van der Waals surface area contributed by atoms with Gasteiger partial charge in [0.25, 0.3) is 0 Å². The molecule has 3 aromatic rings. The Labute approximate surface area is 145 Å². The van der Waals surface area contributed by atoms with Crippen LogP contribution in [0.15, 0.2) is 67.0 Å². The highest BCUT2D eigenvalue weighted by Gasteiger charge is 2.11. The van der Waals surface area contributed by atoms with Gasteiger partial charge in [0.15, 0.2) is 11.6 Å². The lowest BCUT2D eigenvalue weighted by atomic mass is 10.1. The molecule has 0 aliphatic rings. The van der Waals surface area contributed by atoms with Gasteiger partial charge in [-0.1, -0.05) is 36.4 Å². The second-order valence-electron chi connectivity index (χ2n) is 5.60. The van der Waals surface area contributed by atoms with Crippen LogP contribution in [0.4, 0.5) is 10.1 Å². The predicted octanol–water partition coefficient (Wildman–Crippen LogP) is 4.04. The molecule has 0 radical (unpaired) electrons. The van der Waals surface area contributed by atoms with Crippen molar-refractivity contribution in [3.05, 3.63) is 78.4 Å². The normalized spacial score (nSPS) is 11.8. The highest BCUT2D eigenvalue weighted by Crippen LogP contribution is 2.28. The quantitative estimate of drug-likeness (QED) is 0.712. The highest BCUT2D eigenvalue weighted by atomic mass is 19.1. The summed E-state index contributed by atoms with van der Waals surface area (Å²) in [5.74, 6) is -0.216. The molecule has 1 heterocycles. The molecular weight excluding hydrogens is 319 g/mol. The summed E-state index contributed by atoms with van der Waals surface area (Å²) in [5.41, 5.74) is 3.38. The lowest BCUT2D eigenvalue weighted by molar-refractivity contribution is 0.276. The van der Waals surface area contributed by atoms with Crippen LogP contribution >= 0.6 is 0 Å². The summed E-state index contributed by atoms with van der Waals surface area (Å²) >= 11 is 0. The summed E-state index contributed by atoms with van der Waals surface area (Å²) in [6.07, 6.45) is 3.39. The minimum atomic E-state index is -0.405. The average Bonchev–Trinajstić information content (AvgIpc) is 2.67. The van der Waals surface area contributed by atoms with Crippen LogP contribution in [0.2, 0.25) is 0 Å². The summed E-state index contributed by atoms with van der Waals surface area (Å²) in [7, 11) is 1.43. The number of ether oxygens (including phenoxy) is 1. The minimum Gasteiger partial charge on any atom is -0.494 e. The maximum atomic E-state index is 13.6. The Morgan fingerprint density at radius 1 is 1.08 bits per heavy atom. The molecule has 2 N–H and O–H groups in total. The number of hydrogen-bond donors (Lipinski definition) is 2. The molecule has 0 unspecified atom stereocenters. The summed E-state index contributed by atoms with van der Waals surface area (Å²) in [4.78, 5) is 4.24. The van der Waals surface area contributed by atoms with Gasteiger partial charge in [0, 0.05) is 18.0 Å². The van der Waals surface area contributed by atoms with Crippen molar-refractivity contribution in [3.8, 4) is 16.9 Å². The number of pyridine rings is 1. The lowest BCUT2D eigenvalue weighted by Crippen LogP contribution is -2.14. The van der Waals surface area contributed by atoms with Crippen LogP contribution in [0.25, 0.3) is 11.1 Å². The van der Waals surface area contributed by atoms with Gasteiger partial charge < -0.3 is 15.2 Å². The zero-order chi connectivity index (χ0) is 17.6. The van der Waals surface area contributed by atoms with E-state index in [1.54, 1.807) is 24.5 Å². The van der Waals surface area contributed by atoms with Crippen molar-refractivity contribution in [2.75, 3.05) is 19.0 Å². The monoisotopic (exact) mass is 338 g/mol. The first-order valence-corrected chi connectivity index (χ1v) is 7.92. The maximum Gasteiger partial charge on any atom is 0.165 e. The van der Waals surface area contributed by atoms with E-state index in [0.717, 1.165) is 22.4 Å². The lowest BCUT2D eigenvalue weighted by Gasteiger charge is -2.18. The number of nitrogens with one attached hydrogen (secondary N) is 1. The number of benzene rings is 2. The van der Waals surface area contributed by atoms with Gasteiger partial charge in [-0.15, -0.1) is 0 Å². The van der Waals surface area contributed by atoms with Crippen LogP contribution in [-0.2, 0) is 0 Å². The average molecular weight is 338 g/mol. The van der Waals surface area contributed by atoms with Crippen LogP contribution < -0.4 is 10.1 Å². The number of aliphatic hydroxyl groups is 1. The Bertz CT molecular complexity index is 840. The van der Waals surface area contributed by atoms with Crippen LogP contribution in [-0.4, -0.2) is 23.8 Å². The van der Waals surface area contributed by atoms with Crippen LogP contribution in [0.3, 0.4) is 0 Å². The molecule has 0 bridgehead atoms. The molecule has 0 fully saturated rings. The molecule has 5 heteroatoms. The van der Waals surface area contributed by atoms with Crippen molar-refractivity contribution in [1.82, 2.24) is 4.98 Å². The number of aromatic nitrogens is 1. The third-order valence-electron chi connectivity index (χ3n) is 3.95. The van der Waals surface area contributed by atoms with Crippen LogP contribution in [0.5, 0.6) is 5.75 Å². The highest BCUT2D eigenvalue weighted by molar-refractivity contribution is 5.68. The topological polar surface area (TPSA) is 54.4 Å². The first kappa shape index (κ1) is 16.9. The molecule has 0 aliphatic carbocycles. The zero-order valence-electron chi connectivity index (χ0n) is 13.8. The Morgan fingerprint density at radius 2 is 1.88 bits per heavy atom. The van der Waals surface area contributed by atoms with E-state index in [9.17, 15) is 9.50 Å². The van der Waals surface area contributed by atoms with E-state index in [-0.39, 0.29) is 18.4 Å². The Kier molecular flexibility index (Phi) is 5.26. The van der Waals surface area contributed by atoms with Crippen molar-refractivity contribution in [1.29, 1.82) is 0 Å². The molecule has 1 aromatic heterocycles. The van der Waals surface area contributed by atoms with E-state index < -0.39 is 5.82 Å². The molecule has 0 aliphatic heterocycles. The van der Waals surface area contributed by atoms with E-state index in [4.69, 9.17) is 4.74 Å². The second-order valence-corrected chi connectivity index (χ2v) is 5.60. The first-order valence-electron chi connectivity index (χ1n) is 7.92. The van der Waals surface area contributed by atoms with Gasteiger partial charge in [0.1, 0.15) is 0 Å². The molecule has 4 nitrogen and oxygen atoms in total. The minimum absolute atomic E-state index is 0.0430. The van der Waals surface area contributed by atoms with Gasteiger partial charge in [-0.2, -0.15) is 0 Å². The summed E-state index contributed by atoms with van der Waals surface area (Å²) in [6, 6.07) is 16.1. The third kappa shape index (κ3) is 3.95. The molecule has 25 heavy (non-hydrogen) atoms. The Hall–Kier alpha value is -2.92. The molecule has 0 saturated heterocycles. The van der Waals surface area contributed by atoms with E-state index in [2.05, 4.69) is 10.3 Å². The molecule has 3 rings (SSSR count). The summed E-state index contributed by atoms with van der Waals surface area (Å²) in [5, 5.41) is 13.0. The standard InChI is InChI=1S/C20H19FN2O2/c1-25-20-10-15(7-8-18(20)21)16-9-17(12-22-11-16)23-19(13-24)14-5-3-2-4-6-14/h2-12,19,23-24H,13H2,1H3/t19-/m0/s1. The number of aliphatic hydroxyl groups excluding tert-OH is 1. The van der Waals surface area contributed by atoms with Gasteiger partial charge in [-0.3, -0.25) is 4.98 Å². The predicted molar refractivity (Wildman–Crippen MR) is 96.1 cm³/mol. The Morgan fingerprint density at radius 3 is 2.60 bits per heavy atom. The van der Waals surface area contributed by atoms with E-state index >= 15 is 0 Å². The fourth-order valence-corrected chi connectivity index (χ4v) is 2.64. The number of halogens is 1. The number of rotatable bonds is 6. The van der Waals surface area contributed by atoms with Crippen molar-refractivity contribution in [2.24, 2.45) is 0 Å². The van der Waals surface area contributed by atoms with Crippen molar-refractivity contribution >= 4 is 5.69 Å². The Balaban J connectivity index is 1.86. The maximum absolute atomic E-state index is 13.6. The van der Waals surface area contributed by atoms with E-state index in [1.165, 1.54) is 13.2 Å². The molecule has 0 saturated carbocycles. The molecule has 2 aromatic carbocycles. The van der Waals surface area contributed by atoms with Gasteiger partial charge >= 0.3 is 0 Å². The fourth-order valence-electron chi connectivity index (χ4n) is 2.64. The first-order chi connectivity index (χ1) is 12.2. The summed E-state index contributed by atoms with van der Waals surface area (Å²) in [6.45, 7) is -0.0430.